The summed E-state index contributed by atoms with van der Waals surface area (Å²) in [6.45, 7) is 0. The molecule has 0 fully saturated rings. The van der Waals surface area contributed by atoms with E-state index in [0.29, 0.717) is 0 Å². The molecule has 0 unspecified atom stereocenters. The fourth-order valence-corrected chi connectivity index (χ4v) is 1.94. The second kappa shape index (κ2) is 2.91. The molecule has 0 aromatic carbocycles. The van der Waals surface area contributed by atoms with E-state index in [0.717, 1.165) is 14.6 Å². The molecule has 2 aromatic heterocycles. The van der Waals surface area contributed by atoms with Crippen LogP contribution in [-0.4, -0.2) is 25.2 Å². The Morgan fingerprint density at radius 2 is 2.33 bits per heavy atom. The molecule has 0 aliphatic rings. The fraction of sp³-hybridized carbons (Fsp3) is 0.200. The Morgan fingerprint density at radius 3 is 2.83 bits per heavy atom. The molecule has 7 heteroatoms. The van der Waals surface area contributed by atoms with Crippen LogP contribution in [0.5, 0.6) is 0 Å². The van der Waals surface area contributed by atoms with Gasteiger partial charge in [0.2, 0.25) is 0 Å². The van der Waals surface area contributed by atoms with E-state index in [1.807, 2.05) is 7.05 Å². The monoisotopic (exact) mass is 245 g/mol. The van der Waals surface area contributed by atoms with Crippen LogP contribution in [0.2, 0.25) is 0 Å². The first-order valence-electron chi connectivity index (χ1n) is 3.11. The third kappa shape index (κ3) is 1.25. The van der Waals surface area contributed by atoms with Crippen molar-refractivity contribution < 1.29 is 0 Å². The van der Waals surface area contributed by atoms with E-state index in [1.54, 1.807) is 10.9 Å². The first kappa shape index (κ1) is 7.81. The molecule has 5 nitrogen and oxygen atoms in total. The number of rotatable bonds is 1. The van der Waals surface area contributed by atoms with Gasteiger partial charge in [0.05, 0.1) is 6.20 Å². The van der Waals surface area contributed by atoms with Gasteiger partial charge >= 0.3 is 0 Å². The minimum atomic E-state index is 0.763. The topological polar surface area (TPSA) is 56.5 Å². The molecule has 2 rings (SSSR count). The fourth-order valence-electron chi connectivity index (χ4n) is 0.792. The Morgan fingerprint density at radius 1 is 1.50 bits per heavy atom. The maximum absolute atomic E-state index is 3.94. The minimum absolute atomic E-state index is 0.763. The molecule has 0 saturated carbocycles. The molecule has 0 amide bonds. The summed E-state index contributed by atoms with van der Waals surface area (Å²) in [6.07, 6.45) is 1.66. The van der Waals surface area contributed by atoms with Crippen LogP contribution in [0.1, 0.15) is 0 Å². The number of aryl methyl sites for hydroxylation is 1. The van der Waals surface area contributed by atoms with Crippen molar-refractivity contribution in [2.75, 3.05) is 0 Å². The van der Waals surface area contributed by atoms with Crippen molar-refractivity contribution in [1.29, 1.82) is 0 Å². The zero-order chi connectivity index (χ0) is 8.55. The highest BCUT2D eigenvalue weighted by Crippen LogP contribution is 2.24. The number of aromatic nitrogens is 5. The summed E-state index contributed by atoms with van der Waals surface area (Å²) in [5, 5.41) is 16.1. The van der Waals surface area contributed by atoms with Crippen LogP contribution < -0.4 is 0 Å². The SMILES string of the molecule is Cn1nncc1-c1nnc(Br)s1. The molecule has 62 valence electrons. The van der Waals surface area contributed by atoms with Gasteiger partial charge in [0.1, 0.15) is 5.69 Å². The zero-order valence-corrected chi connectivity index (χ0v) is 8.50. The molecule has 12 heavy (non-hydrogen) atoms. The zero-order valence-electron chi connectivity index (χ0n) is 6.10. The second-order valence-corrected chi connectivity index (χ2v) is 4.36. The molecule has 0 radical (unpaired) electrons. The van der Waals surface area contributed by atoms with Crippen molar-refractivity contribution in [3.8, 4) is 10.7 Å². The van der Waals surface area contributed by atoms with Gasteiger partial charge in [-0.2, -0.15) is 0 Å². The first-order chi connectivity index (χ1) is 5.77. The van der Waals surface area contributed by atoms with E-state index >= 15 is 0 Å². The molecule has 0 spiro atoms. The lowest BCUT2D eigenvalue weighted by Gasteiger charge is -1.90. The summed E-state index contributed by atoms with van der Waals surface area (Å²) >= 11 is 4.69. The quantitative estimate of drug-likeness (QED) is 0.755. The van der Waals surface area contributed by atoms with E-state index in [9.17, 15) is 0 Å². The summed E-state index contributed by atoms with van der Waals surface area (Å²) in [7, 11) is 1.82. The lowest BCUT2D eigenvalue weighted by Crippen LogP contribution is -1.93. The van der Waals surface area contributed by atoms with Crippen LogP contribution in [0.25, 0.3) is 10.7 Å². The molecule has 2 heterocycles. The van der Waals surface area contributed by atoms with Crippen molar-refractivity contribution in [3.63, 3.8) is 0 Å². The Bertz CT molecular complexity index is 394. The third-order valence-electron chi connectivity index (χ3n) is 1.33. The van der Waals surface area contributed by atoms with Gasteiger partial charge in [0.15, 0.2) is 8.92 Å². The molecule has 0 saturated heterocycles. The molecule has 0 aliphatic carbocycles. The molecule has 0 aliphatic heterocycles. The number of hydrogen-bond donors (Lipinski definition) is 0. The van der Waals surface area contributed by atoms with E-state index in [1.165, 1.54) is 11.3 Å². The van der Waals surface area contributed by atoms with Crippen molar-refractivity contribution in [2.45, 2.75) is 0 Å². The maximum atomic E-state index is 3.94. The van der Waals surface area contributed by atoms with Gasteiger partial charge in [-0.15, -0.1) is 15.3 Å². The van der Waals surface area contributed by atoms with Crippen molar-refractivity contribution in [1.82, 2.24) is 25.2 Å². The summed E-state index contributed by atoms with van der Waals surface area (Å²) in [4.78, 5) is 0. The Balaban J connectivity index is 2.50. The lowest BCUT2D eigenvalue weighted by molar-refractivity contribution is 0.719. The second-order valence-electron chi connectivity index (χ2n) is 2.10. The summed E-state index contributed by atoms with van der Waals surface area (Å²) < 4.78 is 2.42. The van der Waals surface area contributed by atoms with Crippen LogP contribution in [0.4, 0.5) is 0 Å². The van der Waals surface area contributed by atoms with Crippen LogP contribution in [0.15, 0.2) is 10.1 Å². The molecule has 0 atom stereocenters. The smallest absolute Gasteiger partial charge is 0.183 e. The Labute approximate surface area is 80.6 Å². The van der Waals surface area contributed by atoms with Crippen LogP contribution >= 0.6 is 27.3 Å². The summed E-state index contributed by atoms with van der Waals surface area (Å²) in [5.41, 5.74) is 0.873. The normalized spacial score (nSPS) is 10.5. The number of nitrogens with zero attached hydrogens (tertiary/aromatic N) is 5. The standard InChI is InChI=1S/C5H4BrN5S/c1-11-3(2-7-10-11)4-8-9-5(6)12-4/h2H,1H3. The van der Waals surface area contributed by atoms with E-state index < -0.39 is 0 Å². The largest absolute Gasteiger partial charge is 0.245 e. The lowest BCUT2D eigenvalue weighted by atomic mass is 10.5. The third-order valence-corrected chi connectivity index (χ3v) is 2.71. The molecule has 0 N–H and O–H groups in total. The van der Waals surface area contributed by atoms with Gasteiger partial charge in [-0.25, -0.2) is 4.68 Å². The maximum Gasteiger partial charge on any atom is 0.183 e. The van der Waals surface area contributed by atoms with Gasteiger partial charge < -0.3 is 0 Å². The number of halogens is 1. The minimum Gasteiger partial charge on any atom is -0.245 e. The van der Waals surface area contributed by atoms with Crippen molar-refractivity contribution in [3.05, 3.63) is 10.1 Å². The summed E-state index contributed by atoms with van der Waals surface area (Å²) in [6, 6.07) is 0. The van der Waals surface area contributed by atoms with Gasteiger partial charge in [-0.05, 0) is 15.9 Å². The number of hydrogen-bond acceptors (Lipinski definition) is 5. The van der Waals surface area contributed by atoms with Gasteiger partial charge in [0, 0.05) is 7.05 Å². The van der Waals surface area contributed by atoms with Crippen LogP contribution in [0, 0.1) is 0 Å². The van der Waals surface area contributed by atoms with Crippen LogP contribution in [-0.2, 0) is 7.05 Å². The van der Waals surface area contributed by atoms with E-state index in [-0.39, 0.29) is 0 Å². The van der Waals surface area contributed by atoms with E-state index in [4.69, 9.17) is 0 Å². The predicted molar refractivity (Wildman–Crippen MR) is 47.6 cm³/mol. The first-order valence-corrected chi connectivity index (χ1v) is 4.72. The average molecular weight is 246 g/mol. The van der Waals surface area contributed by atoms with Gasteiger partial charge in [0.25, 0.3) is 0 Å². The molecule has 2 aromatic rings. The van der Waals surface area contributed by atoms with Crippen LogP contribution in [0.3, 0.4) is 0 Å². The molecular weight excluding hydrogens is 242 g/mol. The molecular formula is C5H4BrN5S. The Kier molecular flexibility index (Phi) is 1.89. The summed E-state index contributed by atoms with van der Waals surface area (Å²) in [5.74, 6) is 0. The highest BCUT2D eigenvalue weighted by molar-refractivity contribution is 9.11. The van der Waals surface area contributed by atoms with E-state index in [2.05, 4.69) is 36.4 Å². The van der Waals surface area contributed by atoms with Gasteiger partial charge in [-0.3, -0.25) is 0 Å². The average Bonchev–Trinajstić information content (AvgIpc) is 2.58. The van der Waals surface area contributed by atoms with Crippen molar-refractivity contribution >= 4 is 27.3 Å². The highest BCUT2D eigenvalue weighted by Gasteiger charge is 2.08. The van der Waals surface area contributed by atoms with Gasteiger partial charge in [-0.1, -0.05) is 16.6 Å². The predicted octanol–water partition coefficient (Wildman–Crippen LogP) is 1.10. The molecule has 0 bridgehead atoms. The highest BCUT2D eigenvalue weighted by atomic mass is 79.9. The van der Waals surface area contributed by atoms with Crippen molar-refractivity contribution in [2.24, 2.45) is 7.05 Å². The Hall–Kier alpha value is -0.820.